The Balaban J connectivity index is 3.02. The summed E-state index contributed by atoms with van der Waals surface area (Å²) in [6.45, 7) is 3.55. The van der Waals surface area contributed by atoms with Gasteiger partial charge in [0.2, 0.25) is 11.6 Å². The van der Waals surface area contributed by atoms with Crippen LogP contribution in [0.25, 0.3) is 11.2 Å². The molecule has 0 unspecified atom stereocenters. The number of nitrogens with two attached hydrogens (primary N) is 1. The molecule has 0 spiro atoms. The van der Waals surface area contributed by atoms with Crippen LogP contribution >= 0.6 is 0 Å². The zero-order chi connectivity index (χ0) is 11.9. The molecule has 0 aliphatic heterocycles. The molecule has 8 heteroatoms. The van der Waals surface area contributed by atoms with Crippen LogP contribution in [-0.4, -0.2) is 24.5 Å². The number of nitrogens with one attached hydrogen (secondary N) is 1. The first-order chi connectivity index (χ1) is 7.56. The Morgan fingerprint density at radius 1 is 1.56 bits per heavy atom. The van der Waals surface area contributed by atoms with Crippen molar-refractivity contribution in [2.75, 3.05) is 5.73 Å². The zero-order valence-corrected chi connectivity index (χ0v) is 8.17. The van der Waals surface area contributed by atoms with Gasteiger partial charge in [-0.1, -0.05) is 6.08 Å². The Morgan fingerprint density at radius 3 is 2.88 bits per heavy atom. The number of hydrogen-bond acceptors (Lipinski definition) is 5. The van der Waals surface area contributed by atoms with E-state index in [1.165, 1.54) is 6.08 Å². The van der Waals surface area contributed by atoms with Gasteiger partial charge >= 0.3 is 5.69 Å². The van der Waals surface area contributed by atoms with E-state index < -0.39 is 11.2 Å². The van der Waals surface area contributed by atoms with Gasteiger partial charge in [0.25, 0.3) is 5.56 Å². The average molecular weight is 223 g/mol. The van der Waals surface area contributed by atoms with E-state index in [0.717, 1.165) is 4.57 Å². The maximum absolute atomic E-state index is 11.6. The van der Waals surface area contributed by atoms with Crippen LogP contribution in [0.3, 0.4) is 0 Å². The van der Waals surface area contributed by atoms with Crippen molar-refractivity contribution in [2.45, 2.75) is 6.54 Å². The number of H-pyrrole nitrogens is 1. The van der Waals surface area contributed by atoms with Crippen LogP contribution in [0.2, 0.25) is 0 Å². The standard InChI is InChI=1S/C8H9N5O3/c1-2-3-12-4-5(13(16)8(12)15)10-7(9)11-6(4)14/h2,16H,1,3H2,(H3,9,10,11,14). The first-order valence-electron chi connectivity index (χ1n) is 4.37. The summed E-state index contributed by atoms with van der Waals surface area (Å²) < 4.78 is 1.33. The smallest absolute Gasteiger partial charge is 0.363 e. The molecule has 0 saturated carbocycles. The van der Waals surface area contributed by atoms with Gasteiger partial charge in [0.1, 0.15) is 0 Å². The Morgan fingerprint density at radius 2 is 2.25 bits per heavy atom. The number of nitrogen functional groups attached to an aromatic ring is 1. The van der Waals surface area contributed by atoms with Crippen molar-refractivity contribution >= 4 is 17.1 Å². The van der Waals surface area contributed by atoms with Crippen molar-refractivity contribution in [3.05, 3.63) is 33.5 Å². The number of rotatable bonds is 2. The third-order valence-corrected chi connectivity index (χ3v) is 2.09. The fourth-order valence-corrected chi connectivity index (χ4v) is 1.46. The lowest BCUT2D eigenvalue weighted by Gasteiger charge is -1.96. The fraction of sp³-hybridized carbons (Fsp3) is 0.125. The molecular weight excluding hydrogens is 214 g/mol. The van der Waals surface area contributed by atoms with Gasteiger partial charge in [-0.2, -0.15) is 4.98 Å². The number of anilines is 1. The topological polar surface area (TPSA) is 119 Å². The Labute approximate surface area is 88.2 Å². The predicted molar refractivity (Wildman–Crippen MR) is 56.4 cm³/mol. The molecule has 16 heavy (non-hydrogen) atoms. The van der Waals surface area contributed by atoms with Crippen molar-refractivity contribution in [3.63, 3.8) is 0 Å². The Kier molecular flexibility index (Phi) is 2.04. The molecular formula is C8H9N5O3. The maximum atomic E-state index is 11.6. The second-order valence-corrected chi connectivity index (χ2v) is 3.12. The van der Waals surface area contributed by atoms with E-state index in [0.29, 0.717) is 0 Å². The SMILES string of the molecule is C=CCn1c(=O)n(O)c2nc(N)[nH]c(=O)c21. The molecule has 0 atom stereocenters. The van der Waals surface area contributed by atoms with Gasteiger partial charge in [0, 0.05) is 6.54 Å². The molecule has 0 fully saturated rings. The summed E-state index contributed by atoms with van der Waals surface area (Å²) in [5.74, 6) is -0.170. The highest BCUT2D eigenvalue weighted by Gasteiger charge is 2.16. The molecule has 0 radical (unpaired) electrons. The van der Waals surface area contributed by atoms with E-state index in [9.17, 15) is 14.8 Å². The highest BCUT2D eigenvalue weighted by Crippen LogP contribution is 2.04. The fourth-order valence-electron chi connectivity index (χ4n) is 1.46. The van der Waals surface area contributed by atoms with Crippen molar-refractivity contribution < 1.29 is 5.21 Å². The maximum Gasteiger partial charge on any atom is 0.363 e. The quantitative estimate of drug-likeness (QED) is 0.440. The largest absolute Gasteiger partial charge is 0.422 e. The molecule has 84 valence electrons. The van der Waals surface area contributed by atoms with Crippen LogP contribution in [0, 0.1) is 0 Å². The van der Waals surface area contributed by atoms with E-state index in [4.69, 9.17) is 5.73 Å². The number of imidazole rings is 1. The van der Waals surface area contributed by atoms with Crippen LogP contribution in [0.4, 0.5) is 5.95 Å². The number of hydrogen-bond donors (Lipinski definition) is 3. The average Bonchev–Trinajstić information content (AvgIpc) is 2.44. The number of aromatic nitrogens is 4. The van der Waals surface area contributed by atoms with E-state index >= 15 is 0 Å². The molecule has 0 amide bonds. The molecule has 4 N–H and O–H groups in total. The van der Waals surface area contributed by atoms with Crippen LogP contribution in [0.15, 0.2) is 22.2 Å². The number of allylic oxidation sites excluding steroid dienone is 1. The lowest BCUT2D eigenvalue weighted by molar-refractivity contribution is 0.183. The first kappa shape index (κ1) is 10.0. The van der Waals surface area contributed by atoms with Crippen LogP contribution in [0.5, 0.6) is 0 Å². The Bertz CT molecular complexity index is 677. The molecule has 0 bridgehead atoms. The second kappa shape index (κ2) is 3.26. The summed E-state index contributed by atoms with van der Waals surface area (Å²) in [7, 11) is 0. The van der Waals surface area contributed by atoms with Crippen LogP contribution in [0.1, 0.15) is 0 Å². The normalized spacial score (nSPS) is 10.8. The van der Waals surface area contributed by atoms with Crippen molar-refractivity contribution in [2.24, 2.45) is 0 Å². The van der Waals surface area contributed by atoms with Gasteiger partial charge in [-0.25, -0.2) is 4.79 Å². The molecule has 2 rings (SSSR count). The minimum Gasteiger partial charge on any atom is -0.422 e. The predicted octanol–water partition coefficient (Wildman–Crippen LogP) is -1.11. The van der Waals surface area contributed by atoms with Crippen molar-refractivity contribution in [1.82, 2.24) is 19.3 Å². The molecule has 2 heterocycles. The van der Waals surface area contributed by atoms with E-state index in [-0.39, 0.29) is 28.4 Å². The van der Waals surface area contributed by atoms with E-state index in [2.05, 4.69) is 16.5 Å². The molecule has 2 aromatic heterocycles. The molecule has 0 aromatic carbocycles. The van der Waals surface area contributed by atoms with Gasteiger partial charge in [0.05, 0.1) is 0 Å². The third kappa shape index (κ3) is 1.20. The van der Waals surface area contributed by atoms with Crippen LogP contribution in [-0.2, 0) is 6.54 Å². The molecule has 0 saturated heterocycles. The van der Waals surface area contributed by atoms with Gasteiger partial charge in [-0.3, -0.25) is 14.3 Å². The summed E-state index contributed by atoms with van der Waals surface area (Å²) in [6, 6.07) is 0. The van der Waals surface area contributed by atoms with Gasteiger partial charge < -0.3 is 10.9 Å². The summed E-state index contributed by atoms with van der Waals surface area (Å²) in [4.78, 5) is 29.0. The van der Waals surface area contributed by atoms with E-state index in [1.807, 2.05) is 0 Å². The summed E-state index contributed by atoms with van der Waals surface area (Å²) >= 11 is 0. The summed E-state index contributed by atoms with van der Waals surface area (Å²) in [6.07, 6.45) is 1.43. The zero-order valence-electron chi connectivity index (χ0n) is 8.17. The minimum atomic E-state index is -0.765. The highest BCUT2D eigenvalue weighted by molar-refractivity contribution is 5.71. The minimum absolute atomic E-state index is 0.0402. The molecule has 8 nitrogen and oxygen atoms in total. The number of aromatic amines is 1. The molecule has 2 aromatic rings. The summed E-state index contributed by atoms with van der Waals surface area (Å²) in [5.41, 5.74) is 3.74. The molecule has 0 aliphatic carbocycles. The van der Waals surface area contributed by atoms with Crippen molar-refractivity contribution in [3.8, 4) is 0 Å². The monoisotopic (exact) mass is 223 g/mol. The number of fused-ring (bicyclic) bond motifs is 1. The van der Waals surface area contributed by atoms with Gasteiger partial charge in [-0.05, 0) is 0 Å². The van der Waals surface area contributed by atoms with Crippen molar-refractivity contribution in [1.29, 1.82) is 0 Å². The van der Waals surface area contributed by atoms with Gasteiger partial charge in [0.15, 0.2) is 5.52 Å². The Hall–Kier alpha value is -2.51. The van der Waals surface area contributed by atoms with Gasteiger partial charge in [-0.15, -0.1) is 11.3 Å². The third-order valence-electron chi connectivity index (χ3n) is 2.09. The number of nitrogens with zero attached hydrogens (tertiary/aromatic N) is 3. The van der Waals surface area contributed by atoms with Crippen LogP contribution < -0.4 is 17.0 Å². The molecule has 0 aliphatic rings. The summed E-state index contributed by atoms with van der Waals surface area (Å²) in [5, 5.41) is 9.43. The highest BCUT2D eigenvalue weighted by atomic mass is 16.5. The van der Waals surface area contributed by atoms with E-state index in [1.54, 1.807) is 0 Å². The first-order valence-corrected chi connectivity index (χ1v) is 4.37. The second-order valence-electron chi connectivity index (χ2n) is 3.12. The lowest BCUT2D eigenvalue weighted by Crippen LogP contribution is -2.23. The lowest BCUT2D eigenvalue weighted by atomic mass is 10.5.